The maximum atomic E-state index is 12.0. The molecule has 0 aliphatic rings. The predicted molar refractivity (Wildman–Crippen MR) is 46.1 cm³/mol. The molecule has 0 nitrogen and oxygen atoms in total. The lowest BCUT2D eigenvalue weighted by Crippen LogP contribution is -1.90. The first-order valence-corrected chi connectivity index (χ1v) is 3.71. The minimum absolute atomic E-state index is 0.0983. The molecule has 0 bridgehead atoms. The summed E-state index contributed by atoms with van der Waals surface area (Å²) in [6, 6.07) is 9.10. The lowest BCUT2D eigenvalue weighted by molar-refractivity contribution is 0.191. The summed E-state index contributed by atoms with van der Waals surface area (Å²) in [6.07, 6.45) is -0.866. The monoisotopic (exact) mass is 168 g/mol. The van der Waals surface area contributed by atoms with Crippen LogP contribution < -0.4 is 0 Å². The summed E-state index contributed by atoms with van der Waals surface area (Å²) in [6.45, 7) is 1.43. The van der Waals surface area contributed by atoms with E-state index in [1.165, 1.54) is 13.0 Å². The van der Waals surface area contributed by atoms with Crippen molar-refractivity contribution < 1.29 is 8.78 Å². The van der Waals surface area contributed by atoms with Crippen LogP contribution in [0.1, 0.15) is 12.5 Å². The van der Waals surface area contributed by atoms with Crippen molar-refractivity contribution >= 4 is 6.08 Å². The third-order valence-corrected chi connectivity index (χ3v) is 1.54. The zero-order chi connectivity index (χ0) is 8.97. The third kappa shape index (κ3) is 2.46. The average Bonchev–Trinajstić information content (AvgIpc) is 2.06. The van der Waals surface area contributed by atoms with Gasteiger partial charge in [-0.05, 0) is 18.1 Å². The molecule has 0 amide bonds. The fourth-order valence-electron chi connectivity index (χ4n) is 0.875. The fraction of sp³-hybridized carbons (Fsp3) is 0.200. The van der Waals surface area contributed by atoms with Crippen molar-refractivity contribution in [2.45, 2.75) is 13.3 Å². The minimum Gasteiger partial charge on any atom is -0.205 e. The zero-order valence-electron chi connectivity index (χ0n) is 6.80. The Labute approximate surface area is 70.5 Å². The van der Waals surface area contributed by atoms with E-state index in [4.69, 9.17) is 0 Å². The molecule has 0 unspecified atom stereocenters. The Bertz CT molecular complexity index is 262. The van der Waals surface area contributed by atoms with Gasteiger partial charge >= 0.3 is 0 Å². The summed E-state index contributed by atoms with van der Waals surface area (Å²) < 4.78 is 24.1. The van der Waals surface area contributed by atoms with Gasteiger partial charge in [0.2, 0.25) is 0 Å². The van der Waals surface area contributed by atoms with Crippen LogP contribution in [0.2, 0.25) is 0 Å². The second-order valence-electron chi connectivity index (χ2n) is 2.60. The Morgan fingerprint density at radius 2 is 1.83 bits per heavy atom. The van der Waals surface area contributed by atoms with Gasteiger partial charge in [0.25, 0.3) is 6.43 Å². The number of halogens is 2. The summed E-state index contributed by atoms with van der Waals surface area (Å²) in [4.78, 5) is 0. The van der Waals surface area contributed by atoms with Crippen molar-refractivity contribution in [2.75, 3.05) is 0 Å². The van der Waals surface area contributed by atoms with E-state index in [0.717, 1.165) is 5.56 Å². The molecule has 0 aliphatic carbocycles. The molecule has 0 radical (unpaired) electrons. The van der Waals surface area contributed by atoms with E-state index in [1.807, 2.05) is 18.2 Å². The van der Waals surface area contributed by atoms with Crippen molar-refractivity contribution in [3.63, 3.8) is 0 Å². The Morgan fingerprint density at radius 3 is 2.33 bits per heavy atom. The van der Waals surface area contributed by atoms with E-state index in [2.05, 4.69) is 0 Å². The molecule has 1 aromatic carbocycles. The van der Waals surface area contributed by atoms with Gasteiger partial charge in [-0.15, -0.1) is 0 Å². The molecule has 1 rings (SSSR count). The predicted octanol–water partition coefficient (Wildman–Crippen LogP) is 3.36. The van der Waals surface area contributed by atoms with Gasteiger partial charge in [0.05, 0.1) is 0 Å². The normalized spacial score (nSPS) is 12.2. The molecule has 0 saturated heterocycles. The van der Waals surface area contributed by atoms with Crippen LogP contribution in [0.5, 0.6) is 0 Å². The highest BCUT2D eigenvalue weighted by atomic mass is 19.3. The van der Waals surface area contributed by atoms with Gasteiger partial charge in [-0.1, -0.05) is 36.4 Å². The zero-order valence-corrected chi connectivity index (χ0v) is 6.80. The Hall–Kier alpha value is -1.18. The third-order valence-electron chi connectivity index (χ3n) is 1.54. The van der Waals surface area contributed by atoms with Crippen molar-refractivity contribution in [3.8, 4) is 0 Å². The second-order valence-corrected chi connectivity index (χ2v) is 2.60. The summed E-state index contributed by atoms with van der Waals surface area (Å²) in [5.74, 6) is 0. The first-order chi connectivity index (χ1) is 5.70. The number of hydrogen-bond acceptors (Lipinski definition) is 0. The molecule has 64 valence electrons. The van der Waals surface area contributed by atoms with E-state index in [1.54, 1.807) is 12.1 Å². The second kappa shape index (κ2) is 4.00. The van der Waals surface area contributed by atoms with Crippen LogP contribution in [0.4, 0.5) is 8.78 Å². The molecule has 0 atom stereocenters. The van der Waals surface area contributed by atoms with Crippen LogP contribution in [0.15, 0.2) is 35.9 Å². The van der Waals surface area contributed by atoms with E-state index < -0.39 is 6.43 Å². The first-order valence-electron chi connectivity index (χ1n) is 3.71. The summed E-state index contributed by atoms with van der Waals surface area (Å²) in [7, 11) is 0. The van der Waals surface area contributed by atoms with Crippen LogP contribution in [0, 0.1) is 0 Å². The van der Waals surface area contributed by atoms with E-state index >= 15 is 0 Å². The minimum atomic E-state index is -2.36. The highest BCUT2D eigenvalue weighted by molar-refractivity contribution is 5.52. The Balaban J connectivity index is 2.81. The quantitative estimate of drug-likeness (QED) is 0.635. The van der Waals surface area contributed by atoms with Crippen LogP contribution >= 0.6 is 0 Å². The SMILES string of the molecule is CC(=Cc1ccccc1)C(F)F. The molecular formula is C10H10F2. The topological polar surface area (TPSA) is 0 Å². The van der Waals surface area contributed by atoms with Gasteiger partial charge in [0, 0.05) is 0 Å². The van der Waals surface area contributed by atoms with Gasteiger partial charge in [-0.3, -0.25) is 0 Å². The maximum absolute atomic E-state index is 12.0. The van der Waals surface area contributed by atoms with Crippen molar-refractivity contribution in [1.82, 2.24) is 0 Å². The van der Waals surface area contributed by atoms with Gasteiger partial charge in [-0.2, -0.15) is 0 Å². The van der Waals surface area contributed by atoms with Crippen molar-refractivity contribution in [3.05, 3.63) is 41.5 Å². The molecule has 2 heteroatoms. The molecule has 0 aromatic heterocycles. The van der Waals surface area contributed by atoms with Crippen LogP contribution in [-0.4, -0.2) is 6.43 Å². The highest BCUT2D eigenvalue weighted by Crippen LogP contribution is 2.12. The highest BCUT2D eigenvalue weighted by Gasteiger charge is 2.03. The number of rotatable bonds is 2. The smallest absolute Gasteiger partial charge is 0.205 e. The lowest BCUT2D eigenvalue weighted by Gasteiger charge is -1.98. The number of alkyl halides is 2. The largest absolute Gasteiger partial charge is 0.259 e. The standard InChI is InChI=1S/C10H10F2/c1-8(10(11)12)7-9-5-3-2-4-6-9/h2-7,10H,1H3. The molecule has 1 aromatic rings. The molecule has 0 aliphatic heterocycles. The fourth-order valence-corrected chi connectivity index (χ4v) is 0.875. The molecule has 0 spiro atoms. The van der Waals surface area contributed by atoms with Gasteiger partial charge < -0.3 is 0 Å². The summed E-state index contributed by atoms with van der Waals surface area (Å²) >= 11 is 0. The molecule has 0 fully saturated rings. The molecule has 0 N–H and O–H groups in total. The van der Waals surface area contributed by atoms with Crippen LogP contribution in [0.25, 0.3) is 6.08 Å². The van der Waals surface area contributed by atoms with Crippen molar-refractivity contribution in [1.29, 1.82) is 0 Å². The molecule has 0 heterocycles. The van der Waals surface area contributed by atoms with Crippen molar-refractivity contribution in [2.24, 2.45) is 0 Å². The number of hydrogen-bond donors (Lipinski definition) is 0. The van der Waals surface area contributed by atoms with Gasteiger partial charge in [0.15, 0.2) is 0 Å². The summed E-state index contributed by atoms with van der Waals surface area (Å²) in [5, 5.41) is 0. The van der Waals surface area contributed by atoms with Crippen LogP contribution in [0.3, 0.4) is 0 Å². The average molecular weight is 168 g/mol. The van der Waals surface area contributed by atoms with E-state index in [-0.39, 0.29) is 5.57 Å². The van der Waals surface area contributed by atoms with Crippen LogP contribution in [-0.2, 0) is 0 Å². The van der Waals surface area contributed by atoms with Gasteiger partial charge in [0.1, 0.15) is 0 Å². The Morgan fingerprint density at radius 1 is 1.25 bits per heavy atom. The van der Waals surface area contributed by atoms with E-state index in [0.29, 0.717) is 0 Å². The first kappa shape index (κ1) is 8.91. The van der Waals surface area contributed by atoms with E-state index in [9.17, 15) is 8.78 Å². The lowest BCUT2D eigenvalue weighted by atomic mass is 10.1. The van der Waals surface area contributed by atoms with Gasteiger partial charge in [-0.25, -0.2) is 8.78 Å². The molecule has 12 heavy (non-hydrogen) atoms. The molecule has 0 saturated carbocycles. The maximum Gasteiger partial charge on any atom is 0.259 e. The molecular weight excluding hydrogens is 158 g/mol. The number of benzene rings is 1. The number of allylic oxidation sites excluding steroid dienone is 1. The Kier molecular flexibility index (Phi) is 2.97. The summed E-state index contributed by atoms with van der Waals surface area (Å²) in [5.41, 5.74) is 0.913.